The summed E-state index contributed by atoms with van der Waals surface area (Å²) >= 11 is 0. The predicted octanol–water partition coefficient (Wildman–Crippen LogP) is 0.179. The number of likely N-dealkylation sites (N-methyl/N-ethyl adjacent to an activating group) is 1. The fourth-order valence-corrected chi connectivity index (χ4v) is 1.36. The van der Waals surface area contributed by atoms with Crippen LogP contribution in [0.1, 0.15) is 12.6 Å². The molecule has 0 aromatic carbocycles. The maximum atomic E-state index is 11.9. The minimum atomic E-state index is -0.654. The van der Waals surface area contributed by atoms with Crippen LogP contribution in [-0.2, 0) is 16.1 Å². The van der Waals surface area contributed by atoms with Gasteiger partial charge in [-0.1, -0.05) is 0 Å². The van der Waals surface area contributed by atoms with Gasteiger partial charge in [-0.05, 0) is 6.92 Å². The van der Waals surface area contributed by atoms with Crippen LogP contribution in [0.2, 0.25) is 0 Å². The van der Waals surface area contributed by atoms with Gasteiger partial charge < -0.3 is 15.0 Å². The highest BCUT2D eigenvalue weighted by molar-refractivity contribution is 5.85. The zero-order valence-corrected chi connectivity index (χ0v) is 10.6. The zero-order chi connectivity index (χ0) is 13.5. The van der Waals surface area contributed by atoms with Crippen molar-refractivity contribution in [2.24, 2.45) is 0 Å². The Labute approximate surface area is 105 Å². The molecule has 0 fully saturated rings. The van der Waals surface area contributed by atoms with Crippen LogP contribution in [0.25, 0.3) is 0 Å². The van der Waals surface area contributed by atoms with Crippen molar-refractivity contribution < 1.29 is 14.3 Å². The van der Waals surface area contributed by atoms with Gasteiger partial charge in [-0.25, -0.2) is 4.79 Å². The molecule has 0 spiro atoms. The number of aromatic nitrogens is 2. The minimum Gasteiger partial charge on any atom is -0.453 e. The Kier molecular flexibility index (Phi) is 5.04. The van der Waals surface area contributed by atoms with Crippen molar-refractivity contribution in [2.75, 3.05) is 14.2 Å². The minimum absolute atomic E-state index is 0.231. The van der Waals surface area contributed by atoms with Gasteiger partial charge in [-0.3, -0.25) is 14.8 Å². The van der Waals surface area contributed by atoms with Gasteiger partial charge in [-0.2, -0.15) is 0 Å². The summed E-state index contributed by atoms with van der Waals surface area (Å²) in [6, 6.07) is -0.654. The molecule has 0 bridgehead atoms. The predicted molar refractivity (Wildman–Crippen MR) is 63.5 cm³/mol. The summed E-state index contributed by atoms with van der Waals surface area (Å²) in [5.74, 6) is -0.231. The number of amides is 2. The number of rotatable bonds is 4. The van der Waals surface area contributed by atoms with Crippen LogP contribution in [0.5, 0.6) is 0 Å². The van der Waals surface area contributed by atoms with Gasteiger partial charge in [0.2, 0.25) is 5.91 Å². The normalized spacial score (nSPS) is 11.5. The molecule has 1 aromatic rings. The van der Waals surface area contributed by atoms with E-state index in [0.29, 0.717) is 12.2 Å². The fourth-order valence-electron chi connectivity index (χ4n) is 1.36. The first kappa shape index (κ1) is 13.9. The topological polar surface area (TPSA) is 84.4 Å². The summed E-state index contributed by atoms with van der Waals surface area (Å²) in [7, 11) is 2.88. The number of nitrogens with one attached hydrogen (secondary N) is 1. The second kappa shape index (κ2) is 6.53. The van der Waals surface area contributed by atoms with Crippen LogP contribution >= 0.6 is 0 Å². The quantitative estimate of drug-likeness (QED) is 0.826. The van der Waals surface area contributed by atoms with Crippen molar-refractivity contribution >= 4 is 12.0 Å². The van der Waals surface area contributed by atoms with Crippen LogP contribution < -0.4 is 5.32 Å². The molecule has 18 heavy (non-hydrogen) atoms. The van der Waals surface area contributed by atoms with E-state index < -0.39 is 12.1 Å². The second-order valence-electron chi connectivity index (χ2n) is 3.75. The smallest absolute Gasteiger partial charge is 0.407 e. The summed E-state index contributed by atoms with van der Waals surface area (Å²) in [6.45, 7) is 1.92. The van der Waals surface area contributed by atoms with Crippen molar-refractivity contribution in [3.63, 3.8) is 0 Å². The fraction of sp³-hybridized carbons (Fsp3) is 0.455. The van der Waals surface area contributed by atoms with Gasteiger partial charge >= 0.3 is 6.09 Å². The molecule has 98 valence electrons. The Bertz CT molecular complexity index is 410. The van der Waals surface area contributed by atoms with Gasteiger partial charge in [0.05, 0.1) is 25.5 Å². The van der Waals surface area contributed by atoms with E-state index in [1.807, 2.05) is 0 Å². The third-order valence-electron chi connectivity index (χ3n) is 2.28. The van der Waals surface area contributed by atoms with Crippen LogP contribution in [0.4, 0.5) is 4.79 Å². The Morgan fingerprint density at radius 1 is 1.50 bits per heavy atom. The van der Waals surface area contributed by atoms with Crippen LogP contribution in [0, 0.1) is 0 Å². The van der Waals surface area contributed by atoms with E-state index in [4.69, 9.17) is 0 Å². The third kappa shape index (κ3) is 4.00. The first-order valence-corrected chi connectivity index (χ1v) is 5.39. The standard InChI is InChI=1S/C11H16N4O3/c1-8(14-11(17)18-3)10(16)15(2)7-9-6-12-4-5-13-9/h4-6,8H,7H2,1-3H3,(H,14,17). The van der Waals surface area contributed by atoms with Crippen LogP contribution in [0.15, 0.2) is 18.6 Å². The Balaban J connectivity index is 2.53. The molecule has 1 atom stereocenters. The van der Waals surface area contributed by atoms with Gasteiger partial charge in [0.25, 0.3) is 0 Å². The van der Waals surface area contributed by atoms with Crippen molar-refractivity contribution in [3.05, 3.63) is 24.3 Å². The number of nitrogens with zero attached hydrogens (tertiary/aromatic N) is 3. The summed E-state index contributed by atoms with van der Waals surface area (Å²) in [4.78, 5) is 32.3. The molecule has 1 rings (SSSR count). The lowest BCUT2D eigenvalue weighted by atomic mass is 10.3. The van der Waals surface area contributed by atoms with Gasteiger partial charge in [0.1, 0.15) is 6.04 Å². The summed E-state index contributed by atoms with van der Waals surface area (Å²) < 4.78 is 4.43. The molecule has 0 aliphatic heterocycles. The van der Waals surface area contributed by atoms with E-state index in [1.165, 1.54) is 12.0 Å². The molecule has 0 saturated carbocycles. The SMILES string of the molecule is COC(=O)NC(C)C(=O)N(C)Cc1cnccn1. The molecule has 0 aliphatic carbocycles. The highest BCUT2D eigenvalue weighted by atomic mass is 16.5. The lowest BCUT2D eigenvalue weighted by Gasteiger charge is -2.21. The Morgan fingerprint density at radius 2 is 2.22 bits per heavy atom. The van der Waals surface area contributed by atoms with Crippen LogP contribution in [0.3, 0.4) is 0 Å². The lowest BCUT2D eigenvalue weighted by molar-refractivity contribution is -0.132. The van der Waals surface area contributed by atoms with Crippen molar-refractivity contribution in [2.45, 2.75) is 19.5 Å². The van der Waals surface area contributed by atoms with Gasteiger partial charge in [0.15, 0.2) is 0 Å². The molecule has 1 aromatic heterocycles. The van der Waals surface area contributed by atoms with Crippen LogP contribution in [-0.4, -0.2) is 47.1 Å². The summed E-state index contributed by atoms with van der Waals surface area (Å²) in [5.41, 5.74) is 0.679. The zero-order valence-electron chi connectivity index (χ0n) is 10.6. The number of carbonyl (C=O) groups is 2. The van der Waals surface area contributed by atoms with E-state index in [2.05, 4.69) is 20.0 Å². The van der Waals surface area contributed by atoms with Crippen molar-refractivity contribution in [1.29, 1.82) is 0 Å². The molecule has 0 saturated heterocycles. The van der Waals surface area contributed by atoms with E-state index in [9.17, 15) is 9.59 Å². The van der Waals surface area contributed by atoms with Crippen molar-refractivity contribution in [1.82, 2.24) is 20.2 Å². The molecule has 0 radical (unpaired) electrons. The number of carbonyl (C=O) groups excluding carboxylic acids is 2. The van der Waals surface area contributed by atoms with Crippen molar-refractivity contribution in [3.8, 4) is 0 Å². The molecule has 1 heterocycles. The molecule has 1 unspecified atom stereocenters. The van der Waals surface area contributed by atoms with Gasteiger partial charge in [0, 0.05) is 19.4 Å². The molecule has 0 aliphatic rings. The van der Waals surface area contributed by atoms with E-state index in [-0.39, 0.29) is 5.91 Å². The number of alkyl carbamates (subject to hydrolysis) is 1. The summed E-state index contributed by atoms with van der Waals surface area (Å²) in [6.07, 6.45) is 4.07. The first-order valence-electron chi connectivity index (χ1n) is 5.39. The third-order valence-corrected chi connectivity index (χ3v) is 2.28. The molecular formula is C11H16N4O3. The Hall–Kier alpha value is -2.18. The molecular weight excluding hydrogens is 236 g/mol. The molecule has 1 N–H and O–H groups in total. The number of hydrogen-bond acceptors (Lipinski definition) is 5. The maximum Gasteiger partial charge on any atom is 0.407 e. The number of ether oxygens (including phenoxy) is 1. The first-order chi connectivity index (χ1) is 8.54. The number of methoxy groups -OCH3 is 1. The largest absolute Gasteiger partial charge is 0.453 e. The van der Waals surface area contributed by atoms with E-state index >= 15 is 0 Å². The average molecular weight is 252 g/mol. The van der Waals surface area contributed by atoms with E-state index in [0.717, 1.165) is 0 Å². The highest BCUT2D eigenvalue weighted by Gasteiger charge is 2.19. The molecule has 2 amide bonds. The maximum absolute atomic E-state index is 11.9. The molecule has 7 nitrogen and oxygen atoms in total. The molecule has 7 heteroatoms. The van der Waals surface area contributed by atoms with E-state index in [1.54, 1.807) is 32.6 Å². The average Bonchev–Trinajstić information content (AvgIpc) is 2.38. The Morgan fingerprint density at radius 3 is 2.78 bits per heavy atom. The monoisotopic (exact) mass is 252 g/mol. The highest BCUT2D eigenvalue weighted by Crippen LogP contribution is 2.00. The lowest BCUT2D eigenvalue weighted by Crippen LogP contribution is -2.45. The second-order valence-corrected chi connectivity index (χ2v) is 3.75. The summed E-state index contributed by atoms with van der Waals surface area (Å²) in [5, 5.41) is 2.41. The number of hydrogen-bond donors (Lipinski definition) is 1. The van der Waals surface area contributed by atoms with Gasteiger partial charge in [-0.15, -0.1) is 0 Å².